The quantitative estimate of drug-likeness (QED) is 0.643. The number of hydrogen-bond donors (Lipinski definition) is 0. The van der Waals surface area contributed by atoms with Crippen LogP contribution in [-0.4, -0.2) is 36.4 Å². The highest BCUT2D eigenvalue weighted by atomic mass is 79.9. The molecule has 0 N–H and O–H groups in total. The first-order chi connectivity index (χ1) is 12.4. The standard InChI is InChI=1S/C17H15BrN6O2/c1-9-8-10(2)23-17(19-9)20-14(21-23)16-24(11(3)25)22-15(26-16)12-4-6-13(18)7-5-12/h4-8,16H,1-3H3/t16-/m0/s1. The number of carbonyl (C=O) groups excluding carboxylic acids is 1. The summed E-state index contributed by atoms with van der Waals surface area (Å²) in [5, 5.41) is 10.0. The van der Waals surface area contributed by atoms with Crippen LogP contribution in [0.4, 0.5) is 0 Å². The fourth-order valence-corrected chi connectivity index (χ4v) is 3.00. The molecule has 0 saturated carbocycles. The number of halogens is 1. The van der Waals surface area contributed by atoms with E-state index in [1.54, 1.807) is 4.52 Å². The van der Waals surface area contributed by atoms with Crippen molar-refractivity contribution in [3.05, 3.63) is 57.6 Å². The number of rotatable bonds is 2. The molecular weight excluding hydrogens is 400 g/mol. The molecule has 3 heterocycles. The maximum atomic E-state index is 12.1. The maximum absolute atomic E-state index is 12.1. The Hall–Kier alpha value is -2.81. The van der Waals surface area contributed by atoms with Crippen molar-refractivity contribution >= 4 is 33.5 Å². The van der Waals surface area contributed by atoms with Crippen LogP contribution in [-0.2, 0) is 9.53 Å². The Morgan fingerprint density at radius 3 is 2.62 bits per heavy atom. The Kier molecular flexibility index (Phi) is 3.95. The molecule has 2 aromatic heterocycles. The zero-order chi connectivity index (χ0) is 18.4. The summed E-state index contributed by atoms with van der Waals surface area (Å²) >= 11 is 3.39. The van der Waals surface area contributed by atoms with Crippen LogP contribution < -0.4 is 0 Å². The molecule has 0 fully saturated rings. The molecule has 0 aliphatic carbocycles. The van der Waals surface area contributed by atoms with E-state index in [1.165, 1.54) is 11.9 Å². The minimum atomic E-state index is -0.826. The van der Waals surface area contributed by atoms with Crippen LogP contribution in [0.3, 0.4) is 0 Å². The number of ether oxygens (including phenoxy) is 1. The normalized spacial score (nSPS) is 16.7. The Bertz CT molecular complexity index is 1040. The van der Waals surface area contributed by atoms with Gasteiger partial charge in [0, 0.05) is 28.3 Å². The lowest BCUT2D eigenvalue weighted by Gasteiger charge is -2.15. The minimum absolute atomic E-state index is 0.262. The van der Waals surface area contributed by atoms with Gasteiger partial charge in [0.15, 0.2) is 0 Å². The molecule has 26 heavy (non-hydrogen) atoms. The van der Waals surface area contributed by atoms with E-state index in [2.05, 4.69) is 36.1 Å². The number of carbonyl (C=O) groups is 1. The summed E-state index contributed by atoms with van der Waals surface area (Å²) in [6.07, 6.45) is -0.826. The first-order valence-corrected chi connectivity index (χ1v) is 8.73. The number of nitrogens with zero attached hydrogens (tertiary/aromatic N) is 6. The largest absolute Gasteiger partial charge is 0.442 e. The van der Waals surface area contributed by atoms with Crippen molar-refractivity contribution in [2.45, 2.75) is 27.0 Å². The van der Waals surface area contributed by atoms with Gasteiger partial charge in [-0.2, -0.15) is 9.99 Å². The van der Waals surface area contributed by atoms with Gasteiger partial charge in [-0.15, -0.1) is 10.2 Å². The molecule has 8 nitrogen and oxygen atoms in total. The Labute approximate surface area is 157 Å². The van der Waals surface area contributed by atoms with E-state index in [-0.39, 0.29) is 5.91 Å². The number of hydrazone groups is 1. The lowest BCUT2D eigenvalue weighted by atomic mass is 10.2. The number of aromatic nitrogens is 4. The second-order valence-electron chi connectivity index (χ2n) is 5.97. The Morgan fingerprint density at radius 2 is 1.92 bits per heavy atom. The average molecular weight is 415 g/mol. The van der Waals surface area contributed by atoms with E-state index in [0.29, 0.717) is 17.5 Å². The van der Waals surface area contributed by atoms with Gasteiger partial charge in [0.25, 0.3) is 12.0 Å². The number of benzene rings is 1. The van der Waals surface area contributed by atoms with Crippen LogP contribution in [0.15, 0.2) is 39.9 Å². The highest BCUT2D eigenvalue weighted by Gasteiger charge is 2.36. The van der Waals surface area contributed by atoms with Gasteiger partial charge < -0.3 is 4.74 Å². The molecule has 0 bridgehead atoms. The van der Waals surface area contributed by atoms with Crippen LogP contribution >= 0.6 is 15.9 Å². The zero-order valence-electron chi connectivity index (χ0n) is 14.3. The van der Waals surface area contributed by atoms with Crippen molar-refractivity contribution in [1.82, 2.24) is 24.6 Å². The SMILES string of the molecule is CC(=O)N1N=C(c2ccc(Br)cc2)O[C@H]1c1nc2nc(C)cc(C)n2n1. The van der Waals surface area contributed by atoms with Gasteiger partial charge in [0.05, 0.1) is 0 Å². The number of hydrogen-bond acceptors (Lipinski definition) is 6. The van der Waals surface area contributed by atoms with Gasteiger partial charge in [-0.1, -0.05) is 15.9 Å². The summed E-state index contributed by atoms with van der Waals surface area (Å²) < 4.78 is 8.49. The number of aryl methyl sites for hydroxylation is 2. The molecule has 0 spiro atoms. The molecule has 1 aromatic carbocycles. The van der Waals surface area contributed by atoms with E-state index in [1.807, 2.05) is 44.2 Å². The molecular formula is C17H15BrN6O2. The van der Waals surface area contributed by atoms with Crippen molar-refractivity contribution in [1.29, 1.82) is 0 Å². The van der Waals surface area contributed by atoms with E-state index in [4.69, 9.17) is 4.74 Å². The van der Waals surface area contributed by atoms with Gasteiger partial charge in [-0.25, -0.2) is 9.50 Å². The smallest absolute Gasteiger partial charge is 0.258 e. The second-order valence-corrected chi connectivity index (χ2v) is 6.88. The Morgan fingerprint density at radius 1 is 1.19 bits per heavy atom. The summed E-state index contributed by atoms with van der Waals surface area (Å²) in [5.41, 5.74) is 2.50. The van der Waals surface area contributed by atoms with Gasteiger partial charge in [-0.05, 0) is 44.2 Å². The first-order valence-electron chi connectivity index (χ1n) is 7.94. The average Bonchev–Trinajstić information content (AvgIpc) is 3.19. The van der Waals surface area contributed by atoms with Crippen LogP contribution in [0.1, 0.15) is 35.9 Å². The first kappa shape index (κ1) is 16.6. The molecule has 3 aromatic rings. The predicted octanol–water partition coefficient (Wildman–Crippen LogP) is 2.74. The highest BCUT2D eigenvalue weighted by molar-refractivity contribution is 9.10. The van der Waals surface area contributed by atoms with Crippen LogP contribution in [0.25, 0.3) is 5.78 Å². The molecule has 1 aliphatic heterocycles. The molecule has 132 valence electrons. The third-order valence-electron chi connectivity index (χ3n) is 3.91. The van der Waals surface area contributed by atoms with Gasteiger partial charge in [-0.3, -0.25) is 4.79 Å². The molecule has 4 rings (SSSR count). The van der Waals surface area contributed by atoms with Crippen molar-refractivity contribution in [2.75, 3.05) is 0 Å². The molecule has 0 radical (unpaired) electrons. The van der Waals surface area contributed by atoms with Crippen molar-refractivity contribution < 1.29 is 9.53 Å². The fourth-order valence-electron chi connectivity index (χ4n) is 2.73. The van der Waals surface area contributed by atoms with E-state index >= 15 is 0 Å². The molecule has 1 atom stereocenters. The molecule has 1 aliphatic rings. The molecule has 1 amide bonds. The topological polar surface area (TPSA) is 85.0 Å². The summed E-state index contributed by atoms with van der Waals surface area (Å²) in [7, 11) is 0. The lowest BCUT2D eigenvalue weighted by molar-refractivity contribution is -0.135. The van der Waals surface area contributed by atoms with Crippen LogP contribution in [0, 0.1) is 13.8 Å². The summed E-state index contributed by atoms with van der Waals surface area (Å²) in [5.74, 6) is 0.873. The lowest BCUT2D eigenvalue weighted by Crippen LogP contribution is -2.26. The maximum Gasteiger partial charge on any atom is 0.258 e. The molecule has 9 heteroatoms. The van der Waals surface area contributed by atoms with Crippen LogP contribution in [0.5, 0.6) is 0 Å². The third kappa shape index (κ3) is 2.84. The zero-order valence-corrected chi connectivity index (χ0v) is 15.9. The molecule has 0 unspecified atom stereocenters. The summed E-state index contributed by atoms with van der Waals surface area (Å²) in [6.45, 7) is 5.24. The van der Waals surface area contributed by atoms with E-state index < -0.39 is 6.23 Å². The van der Waals surface area contributed by atoms with Crippen molar-refractivity contribution in [2.24, 2.45) is 5.10 Å². The number of amides is 1. The van der Waals surface area contributed by atoms with Crippen LogP contribution in [0.2, 0.25) is 0 Å². The van der Waals surface area contributed by atoms with Gasteiger partial charge >= 0.3 is 0 Å². The molecule has 0 saturated heterocycles. The summed E-state index contributed by atoms with van der Waals surface area (Å²) in [6, 6.07) is 9.39. The summed E-state index contributed by atoms with van der Waals surface area (Å²) in [4.78, 5) is 20.9. The van der Waals surface area contributed by atoms with E-state index in [0.717, 1.165) is 21.4 Å². The fraction of sp³-hybridized carbons (Fsp3) is 0.235. The van der Waals surface area contributed by atoms with E-state index in [9.17, 15) is 4.79 Å². The number of fused-ring (bicyclic) bond motifs is 1. The second kappa shape index (κ2) is 6.17. The van der Waals surface area contributed by atoms with Crippen molar-refractivity contribution in [3.8, 4) is 0 Å². The van der Waals surface area contributed by atoms with Crippen molar-refractivity contribution in [3.63, 3.8) is 0 Å². The van der Waals surface area contributed by atoms with Gasteiger partial charge in [0.1, 0.15) is 0 Å². The minimum Gasteiger partial charge on any atom is -0.442 e. The predicted molar refractivity (Wildman–Crippen MR) is 97.3 cm³/mol. The Balaban J connectivity index is 1.73. The third-order valence-corrected chi connectivity index (χ3v) is 4.44. The monoisotopic (exact) mass is 414 g/mol. The van der Waals surface area contributed by atoms with Gasteiger partial charge in [0.2, 0.25) is 17.6 Å². The highest BCUT2D eigenvalue weighted by Crippen LogP contribution is 2.29.